The minimum atomic E-state index is -0.456. The van der Waals surface area contributed by atoms with Crippen LogP contribution < -0.4 is 9.47 Å². The Morgan fingerprint density at radius 2 is 2.09 bits per heavy atom. The van der Waals surface area contributed by atoms with Crippen LogP contribution in [0.2, 0.25) is 5.02 Å². The number of hydrogen-bond donors (Lipinski definition) is 1. The number of thiazole rings is 1. The Balaban J connectivity index is 0.00000267. The number of β-amino-alcohol motifs (C(OH)–C–C–N with tert-alkyl or cyclic N) is 1. The van der Waals surface area contributed by atoms with Crippen LogP contribution in [0.1, 0.15) is 53.4 Å². The number of rotatable bonds is 7. The molecule has 6 rings (SSSR count). The largest absolute Gasteiger partial charge is 0.454 e. The number of carbonyl (C=O) groups is 1. The van der Waals surface area contributed by atoms with E-state index in [0.717, 1.165) is 58.3 Å². The molecule has 0 bridgehead atoms. The highest BCUT2D eigenvalue weighted by atomic mass is 35.5. The number of ketones is 1. The number of aliphatic hydroxyl groups excluding tert-OH is 1. The summed E-state index contributed by atoms with van der Waals surface area (Å²) in [6.07, 6.45) is 2.39. The number of aromatic nitrogens is 1. The van der Waals surface area contributed by atoms with Gasteiger partial charge in [0.15, 0.2) is 11.5 Å². The molecule has 6 nitrogen and oxygen atoms in total. The number of benzene rings is 2. The lowest BCUT2D eigenvalue weighted by Crippen LogP contribution is -2.28. The van der Waals surface area contributed by atoms with Crippen LogP contribution in [0.3, 0.4) is 0 Å². The lowest BCUT2D eigenvalue weighted by molar-refractivity contribution is -0.120. The van der Waals surface area contributed by atoms with Gasteiger partial charge in [-0.3, -0.25) is 9.69 Å². The lowest BCUT2D eigenvalue weighted by atomic mass is 9.89. The number of Topliss-reactive ketones (excluding diaryl/α,β-unsaturated/α-hetero) is 1. The normalized spacial score (nSPS) is 21.3. The maximum absolute atomic E-state index is 13.5. The molecule has 1 saturated carbocycles. The Kier molecular flexibility index (Phi) is 5.84. The fraction of sp³-hybridized carbons (Fsp3) is 0.407. The van der Waals surface area contributed by atoms with Crippen molar-refractivity contribution < 1.29 is 20.8 Å². The van der Waals surface area contributed by atoms with Crippen molar-refractivity contribution in [3.05, 3.63) is 74.2 Å². The molecule has 3 heterocycles. The summed E-state index contributed by atoms with van der Waals surface area (Å²) in [5, 5.41) is 11.7. The van der Waals surface area contributed by atoms with Gasteiger partial charge in [-0.15, -0.1) is 11.3 Å². The number of fused-ring (bicyclic) bond motifs is 1. The van der Waals surface area contributed by atoms with Crippen LogP contribution in [-0.4, -0.2) is 46.8 Å². The monoisotopic (exact) mass is 512 g/mol. The highest BCUT2D eigenvalue weighted by Gasteiger charge is 2.51. The smallest absolute Gasteiger partial charge is 0.231 e. The first-order valence-corrected chi connectivity index (χ1v) is 13.2. The molecular weight excluding hydrogens is 484 g/mol. The van der Waals surface area contributed by atoms with Gasteiger partial charge in [0.05, 0.1) is 29.7 Å². The Labute approximate surface area is 214 Å². The van der Waals surface area contributed by atoms with Crippen LogP contribution in [-0.2, 0) is 16.6 Å². The second-order valence-corrected chi connectivity index (χ2v) is 11.2. The molecule has 184 valence electrons. The Hall–Kier alpha value is -2.45. The van der Waals surface area contributed by atoms with E-state index in [0.29, 0.717) is 23.7 Å². The van der Waals surface area contributed by atoms with Gasteiger partial charge in [0.1, 0.15) is 10.8 Å². The zero-order chi connectivity index (χ0) is 24.2. The first-order valence-electron chi connectivity index (χ1n) is 12.0. The average molecular weight is 513 g/mol. The highest BCUT2D eigenvalue weighted by molar-refractivity contribution is 7.12. The van der Waals surface area contributed by atoms with Gasteiger partial charge < -0.3 is 14.6 Å². The number of aliphatic hydroxyl groups is 1. The Morgan fingerprint density at radius 1 is 1.29 bits per heavy atom. The molecule has 0 spiro atoms. The molecule has 3 aliphatic rings. The third kappa shape index (κ3) is 4.14. The van der Waals surface area contributed by atoms with E-state index in [-0.39, 0.29) is 26.1 Å². The molecule has 0 unspecified atom stereocenters. The summed E-state index contributed by atoms with van der Waals surface area (Å²) >= 11 is 8.21. The molecule has 35 heavy (non-hydrogen) atoms. The van der Waals surface area contributed by atoms with Crippen LogP contribution in [0.25, 0.3) is 0 Å². The van der Waals surface area contributed by atoms with Gasteiger partial charge in [0, 0.05) is 24.4 Å². The van der Waals surface area contributed by atoms with Crippen molar-refractivity contribution in [3.8, 4) is 11.5 Å². The fourth-order valence-corrected chi connectivity index (χ4v) is 6.81. The predicted octanol–water partition coefficient (Wildman–Crippen LogP) is 5.08. The zero-order valence-corrected chi connectivity index (χ0v) is 21.1. The predicted molar refractivity (Wildman–Crippen MR) is 137 cm³/mol. The molecule has 8 heteroatoms. The third-order valence-electron chi connectivity index (χ3n) is 7.41. The van der Waals surface area contributed by atoms with Crippen LogP contribution in [0.15, 0.2) is 42.5 Å². The molecule has 0 amide bonds. The summed E-state index contributed by atoms with van der Waals surface area (Å²) in [4.78, 5) is 21.7. The quantitative estimate of drug-likeness (QED) is 0.476. The summed E-state index contributed by atoms with van der Waals surface area (Å²) in [5.41, 5.74) is 2.46. The average Bonchev–Trinajstić information content (AvgIpc) is 3.13. The van der Waals surface area contributed by atoms with E-state index in [1.165, 1.54) is 0 Å². The van der Waals surface area contributed by atoms with Crippen molar-refractivity contribution in [3.63, 3.8) is 0 Å². The molecule has 2 atom stereocenters. The van der Waals surface area contributed by atoms with Crippen molar-refractivity contribution in [1.29, 1.82) is 0 Å². The van der Waals surface area contributed by atoms with Gasteiger partial charge in [-0.2, -0.15) is 0 Å². The molecule has 1 aromatic heterocycles. The van der Waals surface area contributed by atoms with Crippen LogP contribution in [0.4, 0.5) is 0 Å². The van der Waals surface area contributed by atoms with Crippen LogP contribution in [0, 0.1) is 6.92 Å². The SMILES string of the molecule is Cc1nc(CC(=O)C2(c3ccc4c(c3)OCO4)CC2)sc1[C@H](c1ccccc1Cl)N1CC[C@H](O)C1.[HH]. The summed E-state index contributed by atoms with van der Waals surface area (Å²) in [5.74, 6) is 1.64. The maximum atomic E-state index is 13.5. The summed E-state index contributed by atoms with van der Waals surface area (Å²) in [6.45, 7) is 3.60. The van der Waals surface area contributed by atoms with Gasteiger partial charge in [0.25, 0.3) is 0 Å². The van der Waals surface area contributed by atoms with Gasteiger partial charge in [-0.05, 0) is 55.5 Å². The lowest BCUT2D eigenvalue weighted by Gasteiger charge is -2.28. The highest BCUT2D eigenvalue weighted by Crippen LogP contribution is 2.52. The first-order chi connectivity index (χ1) is 16.9. The van der Waals surface area contributed by atoms with Crippen molar-refractivity contribution in [1.82, 2.24) is 9.88 Å². The van der Waals surface area contributed by atoms with E-state index < -0.39 is 5.41 Å². The second kappa shape index (κ2) is 8.89. The Bertz CT molecular complexity index is 1290. The summed E-state index contributed by atoms with van der Waals surface area (Å²) < 4.78 is 11.0. The number of ether oxygens (including phenoxy) is 2. The third-order valence-corrected chi connectivity index (χ3v) is 8.96. The maximum Gasteiger partial charge on any atom is 0.231 e. The fourth-order valence-electron chi connectivity index (χ4n) is 5.35. The van der Waals surface area contributed by atoms with E-state index in [4.69, 9.17) is 26.1 Å². The summed E-state index contributed by atoms with van der Waals surface area (Å²) in [7, 11) is 0. The molecular formula is C27H29ClN2O4S. The molecule has 1 aliphatic carbocycles. The van der Waals surface area contributed by atoms with Crippen LogP contribution in [0.5, 0.6) is 11.5 Å². The molecule has 2 aromatic carbocycles. The minimum absolute atomic E-state index is 0. The van der Waals surface area contributed by atoms with Crippen molar-refractivity contribution in [2.24, 2.45) is 0 Å². The molecule has 0 radical (unpaired) electrons. The number of carbonyl (C=O) groups excluding carboxylic acids is 1. The van der Waals surface area contributed by atoms with Crippen molar-refractivity contribution in [2.75, 3.05) is 19.9 Å². The topological polar surface area (TPSA) is 71.9 Å². The van der Waals surface area contributed by atoms with Gasteiger partial charge in [-0.1, -0.05) is 35.9 Å². The number of nitrogens with zero attached hydrogens (tertiary/aromatic N) is 2. The zero-order valence-electron chi connectivity index (χ0n) is 19.5. The van der Waals surface area contributed by atoms with Crippen molar-refractivity contribution in [2.45, 2.75) is 50.2 Å². The first kappa shape index (κ1) is 23.0. The van der Waals surface area contributed by atoms with E-state index >= 15 is 0 Å². The van der Waals surface area contributed by atoms with Crippen LogP contribution >= 0.6 is 22.9 Å². The molecule has 1 saturated heterocycles. The molecule has 3 aromatic rings. The number of halogens is 1. The molecule has 2 aliphatic heterocycles. The number of aryl methyl sites for hydroxylation is 1. The standard InChI is InChI=1S/C27H27ClN2O4S.H2/c1-16-26(25(30-11-8-18(31)14-30)19-4-2-3-5-20(19)28)35-24(29-16)13-23(32)27(9-10-27)17-6-7-21-22(12-17)34-15-33-21;/h2-7,12,18,25,31H,8-11,13-15H2,1H3;1H/t18-,25-;/m0./s1. The molecule has 1 N–H and O–H groups in total. The summed E-state index contributed by atoms with van der Waals surface area (Å²) in [6, 6.07) is 13.6. The van der Waals surface area contributed by atoms with E-state index in [9.17, 15) is 9.90 Å². The van der Waals surface area contributed by atoms with Gasteiger partial charge >= 0.3 is 0 Å². The molecule has 2 fully saturated rings. The Morgan fingerprint density at radius 3 is 2.83 bits per heavy atom. The van der Waals surface area contributed by atoms with E-state index in [2.05, 4.69) is 4.90 Å². The van der Waals surface area contributed by atoms with E-state index in [1.54, 1.807) is 11.3 Å². The van der Waals surface area contributed by atoms with Gasteiger partial charge in [-0.25, -0.2) is 4.98 Å². The van der Waals surface area contributed by atoms with E-state index in [1.807, 2.05) is 49.4 Å². The van der Waals surface area contributed by atoms with Crippen molar-refractivity contribution >= 4 is 28.7 Å². The van der Waals surface area contributed by atoms with Gasteiger partial charge in [0.2, 0.25) is 6.79 Å². The number of hydrogen-bond acceptors (Lipinski definition) is 7. The minimum Gasteiger partial charge on any atom is -0.454 e. The number of likely N-dealkylation sites (tertiary alicyclic amines) is 1. The second-order valence-electron chi connectivity index (χ2n) is 9.67.